The van der Waals surface area contributed by atoms with Gasteiger partial charge >= 0.3 is 6.18 Å². The molecule has 0 spiro atoms. The standard InChI is InChI=1S/C17H10ClF3N2O2S/c18-16-23-8-10(26-16)7-22-11-5-9(17(19,20)21)6-14-15(11)25-13-4-2-1-3-12(13)24-14/h1-6,8,22H,7H2. The van der Waals surface area contributed by atoms with Crippen molar-refractivity contribution in [2.75, 3.05) is 5.32 Å². The molecule has 0 saturated heterocycles. The van der Waals surface area contributed by atoms with Crippen LogP contribution in [0.15, 0.2) is 42.6 Å². The van der Waals surface area contributed by atoms with Gasteiger partial charge in [-0.15, -0.1) is 11.3 Å². The third-order valence-corrected chi connectivity index (χ3v) is 4.76. The summed E-state index contributed by atoms with van der Waals surface area (Å²) in [5, 5.41) is 2.95. The number of rotatable bonds is 3. The molecule has 1 aromatic heterocycles. The van der Waals surface area contributed by atoms with Crippen LogP contribution in [-0.4, -0.2) is 4.98 Å². The fraction of sp³-hybridized carbons (Fsp3) is 0.118. The van der Waals surface area contributed by atoms with Crippen molar-refractivity contribution < 1.29 is 22.6 Å². The van der Waals surface area contributed by atoms with Gasteiger partial charge in [-0.1, -0.05) is 23.7 Å². The van der Waals surface area contributed by atoms with Gasteiger partial charge in [-0.3, -0.25) is 0 Å². The van der Waals surface area contributed by atoms with Crippen molar-refractivity contribution in [2.24, 2.45) is 0 Å². The van der Waals surface area contributed by atoms with Crippen molar-refractivity contribution >= 4 is 28.6 Å². The molecule has 134 valence electrons. The zero-order valence-electron chi connectivity index (χ0n) is 12.9. The number of hydrogen-bond donors (Lipinski definition) is 1. The molecule has 0 fully saturated rings. The van der Waals surface area contributed by atoms with E-state index in [1.807, 2.05) is 0 Å². The highest BCUT2D eigenvalue weighted by atomic mass is 35.5. The molecule has 0 radical (unpaired) electrons. The highest BCUT2D eigenvalue weighted by Crippen LogP contribution is 2.51. The Morgan fingerprint density at radius 3 is 2.46 bits per heavy atom. The monoisotopic (exact) mass is 398 g/mol. The minimum absolute atomic E-state index is 0.00311. The Morgan fingerprint density at radius 2 is 1.81 bits per heavy atom. The van der Waals surface area contributed by atoms with Crippen molar-refractivity contribution in [3.63, 3.8) is 0 Å². The van der Waals surface area contributed by atoms with Gasteiger partial charge in [0.1, 0.15) is 0 Å². The van der Waals surface area contributed by atoms with Gasteiger partial charge in [-0.25, -0.2) is 4.98 Å². The Bertz CT molecular complexity index is 975. The van der Waals surface area contributed by atoms with Crippen molar-refractivity contribution in [3.05, 3.63) is 57.5 Å². The molecule has 2 aromatic carbocycles. The molecule has 0 bridgehead atoms. The lowest BCUT2D eigenvalue weighted by atomic mass is 10.1. The van der Waals surface area contributed by atoms with Crippen LogP contribution in [0.3, 0.4) is 0 Å². The van der Waals surface area contributed by atoms with E-state index in [-0.39, 0.29) is 23.7 Å². The number of nitrogens with one attached hydrogen (secondary N) is 1. The van der Waals surface area contributed by atoms with Crippen LogP contribution in [0.1, 0.15) is 10.4 Å². The molecule has 0 unspecified atom stereocenters. The summed E-state index contributed by atoms with van der Waals surface area (Å²) in [6, 6.07) is 8.71. The molecule has 9 heteroatoms. The molecule has 1 aliphatic rings. The first-order valence-corrected chi connectivity index (χ1v) is 8.63. The maximum Gasteiger partial charge on any atom is 0.416 e. The fourth-order valence-electron chi connectivity index (χ4n) is 2.47. The number of alkyl halides is 3. The second-order valence-electron chi connectivity index (χ2n) is 5.43. The molecule has 1 aliphatic heterocycles. The first-order chi connectivity index (χ1) is 12.4. The molecular weight excluding hydrogens is 389 g/mol. The summed E-state index contributed by atoms with van der Waals surface area (Å²) in [6.07, 6.45) is -2.95. The van der Waals surface area contributed by atoms with E-state index in [0.717, 1.165) is 17.0 Å². The largest absolute Gasteiger partial charge is 0.449 e. The second-order valence-corrected chi connectivity index (χ2v) is 7.13. The molecule has 4 nitrogen and oxygen atoms in total. The molecule has 2 heterocycles. The third-order valence-electron chi connectivity index (χ3n) is 3.64. The second kappa shape index (κ2) is 6.37. The number of nitrogens with zero attached hydrogens (tertiary/aromatic N) is 1. The van der Waals surface area contributed by atoms with Gasteiger partial charge in [0.25, 0.3) is 0 Å². The highest BCUT2D eigenvalue weighted by molar-refractivity contribution is 7.15. The molecule has 1 N–H and O–H groups in total. The molecule has 4 rings (SSSR count). The van der Waals surface area contributed by atoms with Crippen LogP contribution in [0, 0.1) is 0 Å². The van der Waals surface area contributed by atoms with Crippen molar-refractivity contribution in [3.8, 4) is 23.0 Å². The van der Waals surface area contributed by atoms with Crippen LogP contribution >= 0.6 is 22.9 Å². The van der Waals surface area contributed by atoms with E-state index in [1.54, 1.807) is 30.5 Å². The Balaban J connectivity index is 1.72. The average Bonchev–Trinajstić information content (AvgIpc) is 3.02. The SMILES string of the molecule is FC(F)(F)c1cc(NCc2cnc(Cl)s2)c2c(c1)Oc1ccccc1O2. The van der Waals surface area contributed by atoms with Gasteiger partial charge in [-0.05, 0) is 24.3 Å². The Labute approximate surface area is 155 Å². The van der Waals surface area contributed by atoms with E-state index < -0.39 is 11.7 Å². The number of ether oxygens (including phenoxy) is 2. The summed E-state index contributed by atoms with van der Waals surface area (Å²) in [6.45, 7) is 0.253. The summed E-state index contributed by atoms with van der Waals surface area (Å²) in [5.74, 6) is 0.999. The normalized spacial score (nSPS) is 12.6. The first-order valence-electron chi connectivity index (χ1n) is 7.44. The number of para-hydroxylation sites is 2. The van der Waals surface area contributed by atoms with Gasteiger partial charge in [-0.2, -0.15) is 13.2 Å². The third kappa shape index (κ3) is 3.30. The van der Waals surface area contributed by atoms with Crippen molar-refractivity contribution in [1.29, 1.82) is 0 Å². The van der Waals surface area contributed by atoms with Gasteiger partial charge in [0.2, 0.25) is 0 Å². The molecule has 0 aliphatic carbocycles. The van der Waals surface area contributed by atoms with Gasteiger partial charge < -0.3 is 14.8 Å². The fourth-order valence-corrected chi connectivity index (χ4v) is 3.39. The van der Waals surface area contributed by atoms with Gasteiger partial charge in [0.05, 0.1) is 17.8 Å². The maximum atomic E-state index is 13.3. The lowest BCUT2D eigenvalue weighted by Gasteiger charge is -2.24. The van der Waals surface area contributed by atoms with E-state index in [0.29, 0.717) is 16.0 Å². The minimum Gasteiger partial charge on any atom is -0.449 e. The van der Waals surface area contributed by atoms with E-state index in [1.165, 1.54) is 11.3 Å². The Hall–Kier alpha value is -2.45. The quantitative estimate of drug-likeness (QED) is 0.438. The Morgan fingerprint density at radius 1 is 1.08 bits per heavy atom. The smallest absolute Gasteiger partial charge is 0.416 e. The van der Waals surface area contributed by atoms with Crippen molar-refractivity contribution in [2.45, 2.75) is 12.7 Å². The van der Waals surface area contributed by atoms with E-state index >= 15 is 0 Å². The zero-order chi connectivity index (χ0) is 18.3. The number of aromatic nitrogens is 1. The number of thiazole rings is 1. The van der Waals surface area contributed by atoms with Crippen molar-refractivity contribution in [1.82, 2.24) is 4.98 Å². The number of fused-ring (bicyclic) bond motifs is 2. The lowest BCUT2D eigenvalue weighted by molar-refractivity contribution is -0.137. The maximum absolute atomic E-state index is 13.3. The van der Waals surface area contributed by atoms with Crippen LogP contribution in [0.5, 0.6) is 23.0 Å². The molecular formula is C17H10ClF3N2O2S. The van der Waals surface area contributed by atoms with Gasteiger partial charge in [0.15, 0.2) is 27.5 Å². The first kappa shape index (κ1) is 17.0. The molecule has 0 saturated carbocycles. The number of halogens is 4. The van der Waals surface area contributed by atoms with Crippen LogP contribution in [0.25, 0.3) is 0 Å². The lowest BCUT2D eigenvalue weighted by Crippen LogP contribution is -2.10. The van der Waals surface area contributed by atoms with Gasteiger partial charge in [0, 0.05) is 11.1 Å². The average molecular weight is 399 g/mol. The van der Waals surface area contributed by atoms with E-state index in [9.17, 15) is 13.2 Å². The van der Waals surface area contributed by atoms with Crippen LogP contribution < -0.4 is 14.8 Å². The highest BCUT2D eigenvalue weighted by Gasteiger charge is 2.34. The summed E-state index contributed by atoms with van der Waals surface area (Å²) < 4.78 is 51.5. The van der Waals surface area contributed by atoms with E-state index in [2.05, 4.69) is 10.3 Å². The number of anilines is 1. The molecule has 26 heavy (non-hydrogen) atoms. The van der Waals surface area contributed by atoms with Crippen LogP contribution in [-0.2, 0) is 12.7 Å². The summed E-state index contributed by atoms with van der Waals surface area (Å²) in [5.41, 5.74) is -0.655. The summed E-state index contributed by atoms with van der Waals surface area (Å²) in [4.78, 5) is 4.69. The number of hydrogen-bond acceptors (Lipinski definition) is 5. The summed E-state index contributed by atoms with van der Waals surface area (Å²) >= 11 is 7.03. The van der Waals surface area contributed by atoms with Crippen LogP contribution in [0.2, 0.25) is 4.47 Å². The topological polar surface area (TPSA) is 43.4 Å². The van der Waals surface area contributed by atoms with Crippen LogP contribution in [0.4, 0.5) is 18.9 Å². The number of benzene rings is 2. The predicted octanol–water partition coefficient (Wildman–Crippen LogP) is 6.33. The Kier molecular flexibility index (Phi) is 4.16. The van der Waals surface area contributed by atoms with E-state index in [4.69, 9.17) is 21.1 Å². The molecule has 0 amide bonds. The zero-order valence-corrected chi connectivity index (χ0v) is 14.5. The minimum atomic E-state index is -4.51. The molecule has 3 aromatic rings. The molecule has 0 atom stereocenters. The summed E-state index contributed by atoms with van der Waals surface area (Å²) in [7, 11) is 0. The predicted molar refractivity (Wildman–Crippen MR) is 92.5 cm³/mol.